The summed E-state index contributed by atoms with van der Waals surface area (Å²) in [6, 6.07) is 10.2. The Labute approximate surface area is 119 Å². The molecule has 0 radical (unpaired) electrons. The summed E-state index contributed by atoms with van der Waals surface area (Å²) in [5, 5.41) is 0. The maximum Gasteiger partial charge on any atom is 0.142 e. The first-order valence-electron chi connectivity index (χ1n) is 7.03. The van der Waals surface area contributed by atoms with Gasteiger partial charge in [-0.25, -0.2) is 0 Å². The first-order chi connectivity index (χ1) is 9.78. The van der Waals surface area contributed by atoms with Gasteiger partial charge in [0.25, 0.3) is 0 Å². The summed E-state index contributed by atoms with van der Waals surface area (Å²) in [6.45, 7) is 4.97. The van der Waals surface area contributed by atoms with Crippen LogP contribution in [0.4, 0.5) is 5.69 Å². The molecular weight excluding hydrogens is 252 g/mol. The number of para-hydroxylation sites is 2. The maximum absolute atomic E-state index is 5.81. The number of nitrogens with two attached hydrogens (primary N) is 1. The molecule has 1 aromatic heterocycles. The van der Waals surface area contributed by atoms with Gasteiger partial charge in [-0.3, -0.25) is 0 Å². The minimum atomic E-state index is 0.450. The number of hydrogen-bond acceptors (Lipinski definition) is 4. The van der Waals surface area contributed by atoms with E-state index >= 15 is 0 Å². The summed E-state index contributed by atoms with van der Waals surface area (Å²) >= 11 is 0. The molecule has 0 spiro atoms. The zero-order chi connectivity index (χ0) is 13.9. The predicted molar refractivity (Wildman–Crippen MR) is 78.9 cm³/mol. The summed E-state index contributed by atoms with van der Waals surface area (Å²) in [4.78, 5) is 2.31. The first-order valence-corrected chi connectivity index (χ1v) is 7.03. The van der Waals surface area contributed by atoms with E-state index in [1.54, 1.807) is 0 Å². The third kappa shape index (κ3) is 2.51. The van der Waals surface area contributed by atoms with Crippen LogP contribution in [0.2, 0.25) is 0 Å². The van der Waals surface area contributed by atoms with Crippen molar-refractivity contribution in [3.8, 4) is 5.75 Å². The fourth-order valence-corrected chi connectivity index (χ4v) is 2.62. The zero-order valence-corrected chi connectivity index (χ0v) is 11.8. The van der Waals surface area contributed by atoms with Crippen LogP contribution in [0.15, 0.2) is 34.7 Å². The number of ether oxygens (including phenoxy) is 1. The summed E-state index contributed by atoms with van der Waals surface area (Å²) in [7, 11) is 0. The highest BCUT2D eigenvalue weighted by atomic mass is 16.5. The van der Waals surface area contributed by atoms with E-state index in [9.17, 15) is 0 Å². The molecule has 0 saturated heterocycles. The minimum absolute atomic E-state index is 0.450. The van der Waals surface area contributed by atoms with Crippen molar-refractivity contribution in [3.63, 3.8) is 0 Å². The standard InChI is InChI=1S/C16H20N2O2/c1-12-9-13(20-16(12)10-17)11-18-7-4-8-19-15-6-3-2-5-14(15)18/h2-3,5-6,9H,4,7-8,10-11,17H2,1H3. The Hall–Kier alpha value is -1.94. The molecule has 0 atom stereocenters. The van der Waals surface area contributed by atoms with E-state index in [-0.39, 0.29) is 0 Å². The Balaban J connectivity index is 1.86. The highest BCUT2D eigenvalue weighted by Crippen LogP contribution is 2.32. The van der Waals surface area contributed by atoms with E-state index in [1.807, 2.05) is 25.1 Å². The van der Waals surface area contributed by atoms with Crippen LogP contribution < -0.4 is 15.4 Å². The lowest BCUT2D eigenvalue weighted by Crippen LogP contribution is -2.22. The van der Waals surface area contributed by atoms with E-state index in [0.717, 1.165) is 54.6 Å². The molecule has 20 heavy (non-hydrogen) atoms. The second-order valence-corrected chi connectivity index (χ2v) is 5.11. The van der Waals surface area contributed by atoms with Crippen LogP contribution in [0, 0.1) is 6.92 Å². The van der Waals surface area contributed by atoms with Crippen molar-refractivity contribution < 1.29 is 9.15 Å². The van der Waals surface area contributed by atoms with Gasteiger partial charge >= 0.3 is 0 Å². The van der Waals surface area contributed by atoms with Gasteiger partial charge in [0.05, 0.1) is 25.4 Å². The predicted octanol–water partition coefficient (Wildman–Crippen LogP) is 2.84. The molecule has 0 unspecified atom stereocenters. The molecule has 3 rings (SSSR count). The molecule has 4 heteroatoms. The lowest BCUT2D eigenvalue weighted by atomic mass is 10.2. The van der Waals surface area contributed by atoms with Crippen molar-refractivity contribution in [3.05, 3.63) is 47.4 Å². The van der Waals surface area contributed by atoms with Crippen molar-refractivity contribution in [1.29, 1.82) is 0 Å². The normalized spacial score (nSPS) is 14.6. The van der Waals surface area contributed by atoms with Crippen molar-refractivity contribution in [2.24, 2.45) is 5.73 Å². The molecule has 2 aromatic rings. The molecule has 2 heterocycles. The largest absolute Gasteiger partial charge is 0.491 e. The maximum atomic E-state index is 5.81. The highest BCUT2D eigenvalue weighted by molar-refractivity contribution is 5.59. The minimum Gasteiger partial charge on any atom is -0.491 e. The van der Waals surface area contributed by atoms with E-state index in [4.69, 9.17) is 14.9 Å². The van der Waals surface area contributed by atoms with Crippen molar-refractivity contribution >= 4 is 5.69 Å². The number of nitrogens with zero attached hydrogens (tertiary/aromatic N) is 1. The van der Waals surface area contributed by atoms with Gasteiger partial charge in [0.15, 0.2) is 0 Å². The summed E-state index contributed by atoms with van der Waals surface area (Å²) in [6.07, 6.45) is 1.01. The lowest BCUT2D eigenvalue weighted by Gasteiger charge is -2.22. The van der Waals surface area contributed by atoms with Gasteiger partial charge in [0, 0.05) is 6.54 Å². The fourth-order valence-electron chi connectivity index (χ4n) is 2.62. The molecule has 4 nitrogen and oxygen atoms in total. The number of fused-ring (bicyclic) bond motifs is 1. The van der Waals surface area contributed by atoms with Crippen molar-refractivity contribution in [2.45, 2.75) is 26.4 Å². The quantitative estimate of drug-likeness (QED) is 0.933. The monoisotopic (exact) mass is 272 g/mol. The lowest BCUT2D eigenvalue weighted by molar-refractivity contribution is 0.322. The Morgan fingerprint density at radius 2 is 2.15 bits per heavy atom. The van der Waals surface area contributed by atoms with Gasteiger partial charge in [0.2, 0.25) is 0 Å². The number of benzene rings is 1. The van der Waals surface area contributed by atoms with Crippen LogP contribution in [0.25, 0.3) is 0 Å². The molecule has 0 aliphatic carbocycles. The molecular formula is C16H20N2O2. The van der Waals surface area contributed by atoms with E-state index < -0.39 is 0 Å². The number of furan rings is 1. The molecule has 0 bridgehead atoms. The Bertz CT molecular complexity index is 592. The topological polar surface area (TPSA) is 51.6 Å². The Morgan fingerprint density at radius 1 is 1.30 bits per heavy atom. The molecule has 0 saturated carbocycles. The molecule has 1 aromatic carbocycles. The molecule has 1 aliphatic heterocycles. The van der Waals surface area contributed by atoms with Crippen LogP contribution in [0.5, 0.6) is 5.75 Å². The van der Waals surface area contributed by atoms with E-state index in [0.29, 0.717) is 6.54 Å². The van der Waals surface area contributed by atoms with Gasteiger partial charge < -0.3 is 19.8 Å². The fraction of sp³-hybridized carbons (Fsp3) is 0.375. The average molecular weight is 272 g/mol. The summed E-state index contributed by atoms with van der Waals surface area (Å²) in [5.74, 6) is 2.78. The molecule has 1 aliphatic rings. The smallest absolute Gasteiger partial charge is 0.142 e. The van der Waals surface area contributed by atoms with Crippen LogP contribution in [-0.2, 0) is 13.1 Å². The third-order valence-electron chi connectivity index (χ3n) is 3.64. The van der Waals surface area contributed by atoms with Gasteiger partial charge in [-0.2, -0.15) is 0 Å². The highest BCUT2D eigenvalue weighted by Gasteiger charge is 2.18. The number of anilines is 1. The Morgan fingerprint density at radius 3 is 2.95 bits per heavy atom. The van der Waals surface area contributed by atoms with Crippen LogP contribution >= 0.6 is 0 Å². The van der Waals surface area contributed by atoms with Crippen LogP contribution in [0.3, 0.4) is 0 Å². The van der Waals surface area contributed by atoms with E-state index in [1.165, 1.54) is 0 Å². The van der Waals surface area contributed by atoms with Gasteiger partial charge in [0.1, 0.15) is 17.3 Å². The molecule has 2 N–H and O–H groups in total. The average Bonchev–Trinajstić information content (AvgIpc) is 2.69. The third-order valence-corrected chi connectivity index (χ3v) is 3.64. The van der Waals surface area contributed by atoms with E-state index in [2.05, 4.69) is 17.0 Å². The van der Waals surface area contributed by atoms with Crippen molar-refractivity contribution in [1.82, 2.24) is 0 Å². The zero-order valence-electron chi connectivity index (χ0n) is 11.8. The number of hydrogen-bond donors (Lipinski definition) is 1. The van der Waals surface area contributed by atoms with Gasteiger partial charge in [-0.15, -0.1) is 0 Å². The second kappa shape index (κ2) is 5.59. The van der Waals surface area contributed by atoms with Crippen LogP contribution in [0.1, 0.15) is 23.5 Å². The summed E-state index contributed by atoms with van der Waals surface area (Å²) in [5.41, 5.74) is 7.93. The number of rotatable bonds is 3. The molecule has 0 amide bonds. The summed E-state index contributed by atoms with van der Waals surface area (Å²) < 4.78 is 11.6. The van der Waals surface area contributed by atoms with Crippen LogP contribution in [-0.4, -0.2) is 13.2 Å². The molecule has 106 valence electrons. The Kier molecular flexibility index (Phi) is 3.65. The second-order valence-electron chi connectivity index (χ2n) is 5.11. The van der Waals surface area contributed by atoms with Gasteiger partial charge in [-0.05, 0) is 37.1 Å². The SMILES string of the molecule is Cc1cc(CN2CCCOc3ccccc32)oc1CN. The first kappa shape index (κ1) is 13.1. The molecule has 0 fully saturated rings. The van der Waals surface area contributed by atoms with Gasteiger partial charge in [-0.1, -0.05) is 12.1 Å². The number of aryl methyl sites for hydroxylation is 1. The van der Waals surface area contributed by atoms with Crippen molar-refractivity contribution in [2.75, 3.05) is 18.1 Å².